The van der Waals surface area contributed by atoms with Crippen LogP contribution in [0.4, 0.5) is 16.4 Å². The van der Waals surface area contributed by atoms with Gasteiger partial charge >= 0.3 is 12.0 Å². The van der Waals surface area contributed by atoms with Crippen molar-refractivity contribution in [2.24, 2.45) is 0 Å². The molecular formula is C14H14ClN3O4. The number of amides is 2. The Morgan fingerprint density at radius 1 is 1.27 bits per heavy atom. The van der Waals surface area contributed by atoms with Gasteiger partial charge in [-0.2, -0.15) is 0 Å². The van der Waals surface area contributed by atoms with Crippen molar-refractivity contribution in [1.82, 2.24) is 5.16 Å². The minimum Gasteiger partial charge on any atom is -0.462 e. The summed E-state index contributed by atoms with van der Waals surface area (Å²) < 4.78 is 9.84. The van der Waals surface area contributed by atoms with E-state index in [1.54, 1.807) is 38.1 Å². The van der Waals surface area contributed by atoms with Crippen LogP contribution in [0, 0.1) is 6.92 Å². The van der Waals surface area contributed by atoms with Crippen LogP contribution in [-0.2, 0) is 4.74 Å². The number of benzene rings is 1. The van der Waals surface area contributed by atoms with Gasteiger partial charge in [0.15, 0.2) is 0 Å². The van der Waals surface area contributed by atoms with Crippen LogP contribution in [0.25, 0.3) is 0 Å². The van der Waals surface area contributed by atoms with E-state index in [2.05, 4.69) is 15.8 Å². The zero-order chi connectivity index (χ0) is 16.1. The molecule has 0 radical (unpaired) electrons. The third kappa shape index (κ3) is 3.76. The van der Waals surface area contributed by atoms with Gasteiger partial charge < -0.3 is 14.6 Å². The molecule has 0 saturated carbocycles. The van der Waals surface area contributed by atoms with Crippen molar-refractivity contribution < 1.29 is 18.8 Å². The fourth-order valence-corrected chi connectivity index (χ4v) is 1.82. The number of hydrogen-bond donors (Lipinski definition) is 2. The Balaban J connectivity index is 2.08. The molecule has 0 aliphatic carbocycles. The van der Waals surface area contributed by atoms with Crippen molar-refractivity contribution >= 4 is 35.2 Å². The highest BCUT2D eigenvalue weighted by Gasteiger charge is 2.23. The Morgan fingerprint density at radius 2 is 1.95 bits per heavy atom. The molecule has 7 nitrogen and oxygen atoms in total. The van der Waals surface area contributed by atoms with Gasteiger partial charge in [-0.3, -0.25) is 5.32 Å². The Labute approximate surface area is 131 Å². The molecule has 1 heterocycles. The number of anilines is 2. The van der Waals surface area contributed by atoms with Crippen molar-refractivity contribution in [3.63, 3.8) is 0 Å². The normalized spacial score (nSPS) is 10.1. The number of nitrogens with one attached hydrogen (secondary N) is 2. The summed E-state index contributed by atoms with van der Waals surface area (Å²) >= 11 is 5.76. The van der Waals surface area contributed by atoms with Crippen LogP contribution in [0.1, 0.15) is 23.0 Å². The molecule has 0 fully saturated rings. The van der Waals surface area contributed by atoms with E-state index in [0.717, 1.165) is 0 Å². The van der Waals surface area contributed by atoms with E-state index in [9.17, 15) is 9.59 Å². The lowest BCUT2D eigenvalue weighted by molar-refractivity contribution is 0.0526. The van der Waals surface area contributed by atoms with Gasteiger partial charge in [-0.1, -0.05) is 16.8 Å². The molecule has 22 heavy (non-hydrogen) atoms. The highest BCUT2D eigenvalue weighted by molar-refractivity contribution is 6.30. The van der Waals surface area contributed by atoms with E-state index >= 15 is 0 Å². The number of aromatic nitrogens is 1. The van der Waals surface area contributed by atoms with Gasteiger partial charge in [-0.25, -0.2) is 9.59 Å². The molecule has 0 aliphatic heterocycles. The maximum atomic E-state index is 11.9. The number of halogens is 1. The molecule has 2 amide bonds. The van der Waals surface area contributed by atoms with Gasteiger partial charge in [0, 0.05) is 10.7 Å². The zero-order valence-corrected chi connectivity index (χ0v) is 12.7. The van der Waals surface area contributed by atoms with Crippen LogP contribution in [0.3, 0.4) is 0 Å². The molecule has 116 valence electrons. The smallest absolute Gasteiger partial charge is 0.345 e. The van der Waals surface area contributed by atoms with E-state index in [-0.39, 0.29) is 18.1 Å². The highest BCUT2D eigenvalue weighted by Crippen LogP contribution is 2.21. The van der Waals surface area contributed by atoms with Crippen molar-refractivity contribution in [2.45, 2.75) is 13.8 Å². The fourth-order valence-electron chi connectivity index (χ4n) is 1.70. The second-order valence-electron chi connectivity index (χ2n) is 4.28. The third-order valence-electron chi connectivity index (χ3n) is 2.67. The summed E-state index contributed by atoms with van der Waals surface area (Å²) in [6.45, 7) is 3.47. The van der Waals surface area contributed by atoms with Crippen LogP contribution >= 0.6 is 11.6 Å². The number of carbonyl (C=O) groups is 2. The van der Waals surface area contributed by atoms with Crippen molar-refractivity contribution in [1.29, 1.82) is 0 Å². The van der Waals surface area contributed by atoms with Crippen LogP contribution in [0.2, 0.25) is 5.02 Å². The number of urea groups is 1. The number of nitrogens with zero attached hydrogens (tertiary/aromatic N) is 1. The van der Waals surface area contributed by atoms with Crippen molar-refractivity contribution in [2.75, 3.05) is 17.2 Å². The summed E-state index contributed by atoms with van der Waals surface area (Å²) in [4.78, 5) is 23.7. The second-order valence-corrected chi connectivity index (χ2v) is 4.72. The SMILES string of the molecule is CCOC(=O)c1c(C)noc1NC(=O)Nc1ccc(Cl)cc1. The molecule has 0 saturated heterocycles. The fraction of sp³-hybridized carbons (Fsp3) is 0.214. The largest absolute Gasteiger partial charge is 0.462 e. The predicted octanol–water partition coefficient (Wildman–Crippen LogP) is 3.46. The number of hydrogen-bond acceptors (Lipinski definition) is 5. The van der Waals surface area contributed by atoms with Gasteiger partial charge in [0.2, 0.25) is 5.88 Å². The molecule has 0 unspecified atom stereocenters. The molecule has 0 aliphatic rings. The van der Waals surface area contributed by atoms with Crippen molar-refractivity contribution in [3.8, 4) is 0 Å². The molecule has 2 aromatic rings. The van der Waals surface area contributed by atoms with E-state index in [1.165, 1.54) is 0 Å². The van der Waals surface area contributed by atoms with Crippen LogP contribution < -0.4 is 10.6 Å². The molecule has 1 aromatic heterocycles. The van der Waals surface area contributed by atoms with E-state index in [4.69, 9.17) is 20.9 Å². The summed E-state index contributed by atoms with van der Waals surface area (Å²) in [7, 11) is 0. The minimum atomic E-state index is -0.608. The Morgan fingerprint density at radius 3 is 2.59 bits per heavy atom. The number of ether oxygens (including phenoxy) is 1. The first-order chi connectivity index (χ1) is 10.5. The number of carbonyl (C=O) groups excluding carboxylic acids is 2. The highest BCUT2D eigenvalue weighted by atomic mass is 35.5. The maximum absolute atomic E-state index is 11.9. The molecule has 0 atom stereocenters. The van der Waals surface area contributed by atoms with Gasteiger partial charge in [0.25, 0.3) is 0 Å². The molecule has 2 rings (SSSR count). The average molecular weight is 324 g/mol. The Kier molecular flexibility index (Phi) is 5.00. The molecule has 8 heteroatoms. The third-order valence-corrected chi connectivity index (χ3v) is 2.92. The zero-order valence-electron chi connectivity index (χ0n) is 12.0. The maximum Gasteiger partial charge on any atom is 0.345 e. The monoisotopic (exact) mass is 323 g/mol. The Hall–Kier alpha value is -2.54. The first-order valence-electron chi connectivity index (χ1n) is 6.48. The second kappa shape index (κ2) is 6.95. The predicted molar refractivity (Wildman–Crippen MR) is 81.3 cm³/mol. The van der Waals surface area contributed by atoms with E-state index in [1.807, 2.05) is 0 Å². The quantitative estimate of drug-likeness (QED) is 0.840. The van der Waals surface area contributed by atoms with Gasteiger partial charge in [0.05, 0.1) is 12.3 Å². The van der Waals surface area contributed by atoms with Crippen LogP contribution in [0.5, 0.6) is 0 Å². The van der Waals surface area contributed by atoms with E-state index < -0.39 is 12.0 Å². The number of esters is 1. The molecule has 0 bridgehead atoms. The standard InChI is InChI=1S/C14H14ClN3O4/c1-3-21-13(19)11-8(2)18-22-12(11)17-14(20)16-10-6-4-9(15)5-7-10/h4-7H,3H2,1-2H3,(H2,16,17,20). The summed E-state index contributed by atoms with van der Waals surface area (Å²) in [6, 6.07) is 5.98. The first kappa shape index (κ1) is 15.8. The van der Waals surface area contributed by atoms with Crippen molar-refractivity contribution in [3.05, 3.63) is 40.5 Å². The van der Waals surface area contributed by atoms with Gasteiger partial charge in [-0.05, 0) is 38.1 Å². The van der Waals surface area contributed by atoms with Crippen LogP contribution in [-0.4, -0.2) is 23.8 Å². The molecule has 2 N–H and O–H groups in total. The topological polar surface area (TPSA) is 93.5 Å². The van der Waals surface area contributed by atoms with Crippen LogP contribution in [0.15, 0.2) is 28.8 Å². The summed E-state index contributed by atoms with van der Waals surface area (Å²) in [6.07, 6.45) is 0. The first-order valence-corrected chi connectivity index (χ1v) is 6.86. The number of aryl methyl sites for hydroxylation is 1. The van der Waals surface area contributed by atoms with Gasteiger partial charge in [-0.15, -0.1) is 0 Å². The molecule has 0 spiro atoms. The number of rotatable bonds is 4. The molecule has 1 aromatic carbocycles. The minimum absolute atomic E-state index is 0.0672. The lowest BCUT2D eigenvalue weighted by atomic mass is 10.2. The molecular weight excluding hydrogens is 310 g/mol. The summed E-state index contributed by atoms with van der Waals surface area (Å²) in [5, 5.41) is 9.21. The summed E-state index contributed by atoms with van der Waals surface area (Å²) in [5.74, 6) is -0.676. The average Bonchev–Trinajstić information content (AvgIpc) is 2.82. The van der Waals surface area contributed by atoms with E-state index in [0.29, 0.717) is 16.4 Å². The lowest BCUT2D eigenvalue weighted by Gasteiger charge is -2.06. The van der Waals surface area contributed by atoms with Gasteiger partial charge in [0.1, 0.15) is 5.56 Å². The lowest BCUT2D eigenvalue weighted by Crippen LogP contribution is -2.20. The summed E-state index contributed by atoms with van der Waals surface area (Å²) in [5.41, 5.74) is 0.962. The Bertz CT molecular complexity index is 682.